The maximum atomic E-state index is 12.0. The minimum absolute atomic E-state index is 0.0763. The van der Waals surface area contributed by atoms with Crippen molar-refractivity contribution in [1.82, 2.24) is 10.6 Å². The molecule has 0 aromatic heterocycles. The van der Waals surface area contributed by atoms with E-state index in [-0.39, 0.29) is 30.0 Å². The molecule has 1 aromatic rings. The maximum absolute atomic E-state index is 12.0. The normalized spacial score (nSPS) is 18.0. The minimum Gasteiger partial charge on any atom is -0.340 e. The van der Waals surface area contributed by atoms with Gasteiger partial charge in [0.15, 0.2) is 0 Å². The molecule has 8 nitrogen and oxygen atoms in total. The summed E-state index contributed by atoms with van der Waals surface area (Å²) in [5, 5.41) is 15.4. The molecule has 1 saturated heterocycles. The third-order valence-corrected chi connectivity index (χ3v) is 3.20. The fourth-order valence-corrected chi connectivity index (χ4v) is 2.07. The molecule has 1 atom stereocenters. The van der Waals surface area contributed by atoms with Gasteiger partial charge in [0.1, 0.15) is 6.04 Å². The number of hydrogen-bond acceptors (Lipinski definition) is 5. The van der Waals surface area contributed by atoms with E-state index in [2.05, 4.69) is 10.6 Å². The predicted octanol–water partition coefficient (Wildman–Crippen LogP) is 0.438. The van der Waals surface area contributed by atoms with Gasteiger partial charge in [-0.05, 0) is 25.5 Å². The summed E-state index contributed by atoms with van der Waals surface area (Å²) in [6.07, 6.45) is 0.401. The number of nitro benzene ring substituents is 1. The Bertz CT molecular complexity index is 641. The van der Waals surface area contributed by atoms with Crippen LogP contribution in [0.15, 0.2) is 18.2 Å². The number of piperidine rings is 1. The second-order valence-corrected chi connectivity index (χ2v) is 4.74. The molecule has 1 unspecified atom stereocenters. The van der Waals surface area contributed by atoms with E-state index < -0.39 is 22.8 Å². The van der Waals surface area contributed by atoms with Crippen molar-refractivity contribution in [3.05, 3.63) is 39.4 Å². The third-order valence-electron chi connectivity index (χ3n) is 3.20. The summed E-state index contributed by atoms with van der Waals surface area (Å²) >= 11 is 0. The Morgan fingerprint density at radius 3 is 2.71 bits per heavy atom. The molecule has 0 spiro atoms. The number of aryl methyl sites for hydroxylation is 1. The Hall–Kier alpha value is -2.77. The summed E-state index contributed by atoms with van der Waals surface area (Å²) in [6, 6.07) is 3.19. The number of carbonyl (C=O) groups excluding carboxylic acids is 3. The van der Waals surface area contributed by atoms with Crippen molar-refractivity contribution in [3.63, 3.8) is 0 Å². The second kappa shape index (κ2) is 5.70. The SMILES string of the molecule is Cc1cc(C(=O)NC2CCC(=O)NC2=O)ccc1[N+](=O)[O-]. The van der Waals surface area contributed by atoms with Gasteiger partial charge in [0.2, 0.25) is 11.8 Å². The highest BCUT2D eigenvalue weighted by Gasteiger charge is 2.28. The van der Waals surface area contributed by atoms with Crippen LogP contribution in [0.2, 0.25) is 0 Å². The summed E-state index contributed by atoms with van der Waals surface area (Å²) in [7, 11) is 0. The Morgan fingerprint density at radius 2 is 2.14 bits per heavy atom. The van der Waals surface area contributed by atoms with Crippen molar-refractivity contribution in [2.24, 2.45) is 0 Å². The van der Waals surface area contributed by atoms with Crippen molar-refractivity contribution in [1.29, 1.82) is 0 Å². The number of carbonyl (C=O) groups is 3. The molecule has 0 radical (unpaired) electrons. The van der Waals surface area contributed by atoms with E-state index in [0.717, 1.165) is 0 Å². The van der Waals surface area contributed by atoms with Crippen LogP contribution >= 0.6 is 0 Å². The van der Waals surface area contributed by atoms with Gasteiger partial charge in [-0.15, -0.1) is 0 Å². The van der Waals surface area contributed by atoms with Crippen molar-refractivity contribution in [2.45, 2.75) is 25.8 Å². The lowest BCUT2D eigenvalue weighted by Gasteiger charge is -2.21. The molecule has 110 valence electrons. The maximum Gasteiger partial charge on any atom is 0.272 e. The van der Waals surface area contributed by atoms with Gasteiger partial charge in [-0.1, -0.05) is 0 Å². The lowest BCUT2D eigenvalue weighted by Crippen LogP contribution is -2.52. The van der Waals surface area contributed by atoms with Crippen LogP contribution in [-0.2, 0) is 9.59 Å². The number of nitrogens with one attached hydrogen (secondary N) is 2. The first kappa shape index (κ1) is 14.6. The van der Waals surface area contributed by atoms with E-state index in [4.69, 9.17) is 0 Å². The van der Waals surface area contributed by atoms with Crippen LogP contribution in [0.3, 0.4) is 0 Å². The quantitative estimate of drug-likeness (QED) is 0.476. The molecule has 2 N–H and O–H groups in total. The molecule has 0 bridgehead atoms. The van der Waals surface area contributed by atoms with Crippen molar-refractivity contribution in [3.8, 4) is 0 Å². The number of nitrogens with zero attached hydrogens (tertiary/aromatic N) is 1. The topological polar surface area (TPSA) is 118 Å². The smallest absolute Gasteiger partial charge is 0.272 e. The van der Waals surface area contributed by atoms with Crippen molar-refractivity contribution in [2.75, 3.05) is 0 Å². The van der Waals surface area contributed by atoms with E-state index in [9.17, 15) is 24.5 Å². The molecule has 21 heavy (non-hydrogen) atoms. The van der Waals surface area contributed by atoms with E-state index in [0.29, 0.717) is 5.56 Å². The zero-order valence-corrected chi connectivity index (χ0v) is 11.2. The Labute approximate surface area is 119 Å². The number of nitro groups is 1. The van der Waals surface area contributed by atoms with E-state index in [1.165, 1.54) is 25.1 Å². The molecule has 1 aromatic carbocycles. The molecular formula is C13H13N3O5. The zero-order valence-electron chi connectivity index (χ0n) is 11.2. The highest BCUT2D eigenvalue weighted by molar-refractivity contribution is 6.03. The zero-order chi connectivity index (χ0) is 15.6. The lowest BCUT2D eigenvalue weighted by molar-refractivity contribution is -0.385. The molecular weight excluding hydrogens is 278 g/mol. The monoisotopic (exact) mass is 291 g/mol. The molecule has 1 aliphatic heterocycles. The Kier molecular flexibility index (Phi) is 3.97. The van der Waals surface area contributed by atoms with Crippen molar-refractivity contribution >= 4 is 23.4 Å². The van der Waals surface area contributed by atoms with Crippen LogP contribution in [0.5, 0.6) is 0 Å². The first-order chi connectivity index (χ1) is 9.88. The summed E-state index contributed by atoms with van der Waals surface area (Å²) in [5.74, 6) is -1.42. The summed E-state index contributed by atoms with van der Waals surface area (Å²) in [5.41, 5.74) is 0.506. The average Bonchev–Trinajstić information content (AvgIpc) is 2.41. The number of imide groups is 1. The van der Waals surface area contributed by atoms with Crippen LogP contribution < -0.4 is 10.6 Å². The number of benzene rings is 1. The minimum atomic E-state index is -0.773. The summed E-state index contributed by atoms with van der Waals surface area (Å²) in [4.78, 5) is 44.8. The molecule has 0 aliphatic carbocycles. The van der Waals surface area contributed by atoms with Crippen LogP contribution in [0.4, 0.5) is 5.69 Å². The molecule has 1 aliphatic rings. The van der Waals surface area contributed by atoms with Gasteiger partial charge < -0.3 is 5.32 Å². The fraction of sp³-hybridized carbons (Fsp3) is 0.308. The van der Waals surface area contributed by atoms with Crippen LogP contribution in [-0.4, -0.2) is 28.7 Å². The molecule has 3 amide bonds. The molecule has 2 rings (SSSR count). The van der Waals surface area contributed by atoms with E-state index in [1.54, 1.807) is 0 Å². The predicted molar refractivity (Wildman–Crippen MR) is 71.5 cm³/mol. The van der Waals surface area contributed by atoms with Gasteiger partial charge in [0, 0.05) is 23.6 Å². The molecule has 1 fully saturated rings. The molecule has 1 heterocycles. The standard InChI is InChI=1S/C13H13N3O5/c1-7-6-8(2-4-10(7)16(20)21)12(18)14-9-3-5-11(17)15-13(9)19/h2,4,6,9H,3,5H2,1H3,(H,14,18)(H,15,17,19). The van der Waals surface area contributed by atoms with Gasteiger partial charge in [-0.2, -0.15) is 0 Å². The average molecular weight is 291 g/mol. The fourth-order valence-electron chi connectivity index (χ4n) is 2.07. The Morgan fingerprint density at radius 1 is 1.43 bits per heavy atom. The number of amides is 3. The number of rotatable bonds is 3. The van der Waals surface area contributed by atoms with Gasteiger partial charge in [0.05, 0.1) is 4.92 Å². The van der Waals surface area contributed by atoms with Gasteiger partial charge in [0.25, 0.3) is 11.6 Å². The Balaban J connectivity index is 2.10. The van der Waals surface area contributed by atoms with Crippen LogP contribution in [0.25, 0.3) is 0 Å². The van der Waals surface area contributed by atoms with Gasteiger partial charge in [-0.25, -0.2) is 0 Å². The van der Waals surface area contributed by atoms with Crippen LogP contribution in [0, 0.1) is 17.0 Å². The highest BCUT2D eigenvalue weighted by Crippen LogP contribution is 2.19. The van der Waals surface area contributed by atoms with Gasteiger partial charge in [-0.3, -0.25) is 29.8 Å². The molecule has 8 heteroatoms. The van der Waals surface area contributed by atoms with E-state index >= 15 is 0 Å². The largest absolute Gasteiger partial charge is 0.340 e. The van der Waals surface area contributed by atoms with E-state index in [1.807, 2.05) is 0 Å². The third kappa shape index (κ3) is 3.22. The highest BCUT2D eigenvalue weighted by atomic mass is 16.6. The first-order valence-corrected chi connectivity index (χ1v) is 6.28. The van der Waals surface area contributed by atoms with Gasteiger partial charge >= 0.3 is 0 Å². The summed E-state index contributed by atoms with van der Waals surface area (Å²) in [6.45, 7) is 1.53. The number of hydrogen-bond donors (Lipinski definition) is 2. The lowest BCUT2D eigenvalue weighted by atomic mass is 10.0. The summed E-state index contributed by atoms with van der Waals surface area (Å²) < 4.78 is 0. The molecule has 0 saturated carbocycles. The first-order valence-electron chi connectivity index (χ1n) is 6.28. The second-order valence-electron chi connectivity index (χ2n) is 4.74. The van der Waals surface area contributed by atoms with Crippen molar-refractivity contribution < 1.29 is 19.3 Å². The van der Waals surface area contributed by atoms with Crippen LogP contribution in [0.1, 0.15) is 28.8 Å².